The largest absolute Gasteiger partial charge is 0.391 e. The standard InChI is InChI=1S/C21H22F2N6O2.ClH/c22-13-3-4-16(23)15(10-13)18-2-1-7-28(18)19-6-9-29-20(26-19)17(11-24-29)25-21(31)27-8-5-14(30)12-27;/h3-4,6,9-11,14,18,30H,1-2,5,7-8,12H2,(H,25,31);1H/t14?,18-;/m1./s1. The van der Waals surface area contributed by atoms with Gasteiger partial charge in [0, 0.05) is 31.4 Å². The minimum atomic E-state index is -0.505. The van der Waals surface area contributed by atoms with E-state index in [0.29, 0.717) is 55.2 Å². The number of nitrogens with one attached hydrogen (secondary N) is 1. The van der Waals surface area contributed by atoms with Gasteiger partial charge in [-0.05, 0) is 43.5 Å². The first-order valence-corrected chi connectivity index (χ1v) is 10.3. The Bertz CT molecular complexity index is 1140. The van der Waals surface area contributed by atoms with Crippen molar-refractivity contribution in [3.8, 4) is 0 Å². The molecule has 0 bridgehead atoms. The van der Waals surface area contributed by atoms with Gasteiger partial charge in [-0.25, -0.2) is 23.1 Å². The van der Waals surface area contributed by atoms with Gasteiger partial charge in [0.15, 0.2) is 5.65 Å². The lowest BCUT2D eigenvalue weighted by atomic mass is 10.0. The van der Waals surface area contributed by atoms with E-state index >= 15 is 0 Å². The molecule has 3 aromatic rings. The van der Waals surface area contributed by atoms with Gasteiger partial charge in [-0.1, -0.05) is 0 Å². The van der Waals surface area contributed by atoms with Crippen molar-refractivity contribution in [2.75, 3.05) is 29.9 Å². The maximum Gasteiger partial charge on any atom is 0.322 e. The van der Waals surface area contributed by atoms with Crippen LogP contribution in [0.3, 0.4) is 0 Å². The van der Waals surface area contributed by atoms with Crippen LogP contribution in [0, 0.1) is 11.6 Å². The fourth-order valence-corrected chi connectivity index (χ4v) is 4.36. The number of fused-ring (bicyclic) bond motifs is 1. The Morgan fingerprint density at radius 3 is 2.81 bits per heavy atom. The highest BCUT2D eigenvalue weighted by molar-refractivity contribution is 5.93. The molecule has 2 atom stereocenters. The molecule has 11 heteroatoms. The number of aliphatic hydroxyl groups excluding tert-OH is 1. The van der Waals surface area contributed by atoms with Crippen molar-refractivity contribution in [2.45, 2.75) is 31.4 Å². The number of aliphatic hydroxyl groups is 1. The normalized spacial score (nSPS) is 20.6. The molecule has 2 amide bonds. The van der Waals surface area contributed by atoms with Crippen LogP contribution in [0.4, 0.5) is 25.1 Å². The number of likely N-dealkylation sites (tertiary alicyclic amines) is 1. The van der Waals surface area contributed by atoms with Crippen molar-refractivity contribution >= 4 is 35.6 Å². The zero-order valence-electron chi connectivity index (χ0n) is 17.1. The second kappa shape index (κ2) is 8.87. The number of rotatable bonds is 3. The first kappa shape index (κ1) is 22.2. The number of carbonyl (C=O) groups excluding carboxylic acids is 1. The van der Waals surface area contributed by atoms with E-state index in [1.807, 2.05) is 4.90 Å². The molecule has 2 aliphatic heterocycles. The predicted octanol–water partition coefficient (Wildman–Crippen LogP) is 3.37. The van der Waals surface area contributed by atoms with Gasteiger partial charge in [-0.3, -0.25) is 0 Å². The molecule has 2 fully saturated rings. The summed E-state index contributed by atoms with van der Waals surface area (Å²) < 4.78 is 29.7. The molecule has 2 aliphatic rings. The lowest BCUT2D eigenvalue weighted by Crippen LogP contribution is -2.33. The van der Waals surface area contributed by atoms with Gasteiger partial charge in [0.2, 0.25) is 0 Å². The van der Waals surface area contributed by atoms with E-state index in [0.717, 1.165) is 18.6 Å². The maximum absolute atomic E-state index is 14.4. The van der Waals surface area contributed by atoms with Crippen molar-refractivity contribution in [1.29, 1.82) is 0 Å². The van der Waals surface area contributed by atoms with Crippen LogP contribution in [0.5, 0.6) is 0 Å². The molecule has 32 heavy (non-hydrogen) atoms. The Balaban J connectivity index is 0.00000245. The summed E-state index contributed by atoms with van der Waals surface area (Å²) in [6.45, 7) is 1.43. The number of benzene rings is 1. The van der Waals surface area contributed by atoms with Crippen molar-refractivity contribution in [1.82, 2.24) is 19.5 Å². The van der Waals surface area contributed by atoms with E-state index in [1.54, 1.807) is 21.7 Å². The summed E-state index contributed by atoms with van der Waals surface area (Å²) in [4.78, 5) is 20.7. The monoisotopic (exact) mass is 464 g/mol. The summed E-state index contributed by atoms with van der Waals surface area (Å²) in [6, 6.07) is 4.64. The third-order valence-electron chi connectivity index (χ3n) is 5.91. The molecule has 5 rings (SSSR count). The SMILES string of the molecule is Cl.O=C(Nc1cnn2ccc(N3CCC[C@@H]3c3cc(F)ccc3F)nc12)N1CCC(O)C1. The number of anilines is 2. The molecule has 2 saturated heterocycles. The first-order valence-electron chi connectivity index (χ1n) is 10.3. The van der Waals surface area contributed by atoms with Crippen molar-refractivity contribution in [3.05, 3.63) is 53.9 Å². The fraction of sp³-hybridized carbons (Fsp3) is 0.381. The molecular weight excluding hydrogens is 442 g/mol. The van der Waals surface area contributed by atoms with Crippen LogP contribution in [0.1, 0.15) is 30.9 Å². The summed E-state index contributed by atoms with van der Waals surface area (Å²) in [5, 5.41) is 16.7. The van der Waals surface area contributed by atoms with E-state index in [2.05, 4.69) is 15.4 Å². The fourth-order valence-electron chi connectivity index (χ4n) is 4.36. The van der Waals surface area contributed by atoms with E-state index < -0.39 is 17.7 Å². The van der Waals surface area contributed by atoms with E-state index in [1.165, 1.54) is 12.3 Å². The molecule has 0 aliphatic carbocycles. The number of nitrogens with zero attached hydrogens (tertiary/aromatic N) is 5. The van der Waals surface area contributed by atoms with Crippen molar-refractivity contribution in [3.63, 3.8) is 0 Å². The van der Waals surface area contributed by atoms with Gasteiger partial charge in [0.1, 0.15) is 23.1 Å². The molecular formula is C21H23ClF2N6O2. The van der Waals surface area contributed by atoms with Gasteiger partial charge >= 0.3 is 6.03 Å². The van der Waals surface area contributed by atoms with Gasteiger partial charge in [0.25, 0.3) is 0 Å². The van der Waals surface area contributed by atoms with Crippen molar-refractivity contribution in [2.24, 2.45) is 0 Å². The highest BCUT2D eigenvalue weighted by Gasteiger charge is 2.30. The smallest absolute Gasteiger partial charge is 0.322 e. The third kappa shape index (κ3) is 4.07. The molecule has 2 N–H and O–H groups in total. The topological polar surface area (TPSA) is 86.0 Å². The summed E-state index contributed by atoms with van der Waals surface area (Å²) in [6.07, 6.45) is 4.81. The number of halogens is 3. The molecule has 1 unspecified atom stereocenters. The molecule has 0 saturated carbocycles. The van der Waals surface area contributed by atoms with Crippen LogP contribution >= 0.6 is 12.4 Å². The number of amides is 2. The van der Waals surface area contributed by atoms with Gasteiger partial charge in [-0.15, -0.1) is 12.4 Å². The van der Waals surface area contributed by atoms with E-state index in [4.69, 9.17) is 0 Å². The second-order valence-electron chi connectivity index (χ2n) is 7.95. The Morgan fingerprint density at radius 2 is 2.03 bits per heavy atom. The summed E-state index contributed by atoms with van der Waals surface area (Å²) in [5.74, 6) is -0.310. The summed E-state index contributed by atoms with van der Waals surface area (Å²) >= 11 is 0. The summed E-state index contributed by atoms with van der Waals surface area (Å²) in [5.41, 5.74) is 1.21. The lowest BCUT2D eigenvalue weighted by molar-refractivity contribution is 0.176. The number of urea groups is 1. The molecule has 1 aromatic carbocycles. The quantitative estimate of drug-likeness (QED) is 0.620. The van der Waals surface area contributed by atoms with Crippen LogP contribution < -0.4 is 10.2 Å². The molecule has 4 heterocycles. The van der Waals surface area contributed by atoms with E-state index in [9.17, 15) is 18.7 Å². The zero-order chi connectivity index (χ0) is 21.5. The van der Waals surface area contributed by atoms with Crippen LogP contribution in [-0.4, -0.2) is 56.4 Å². The second-order valence-corrected chi connectivity index (χ2v) is 7.95. The zero-order valence-corrected chi connectivity index (χ0v) is 17.9. The number of carbonyl (C=O) groups is 1. The van der Waals surface area contributed by atoms with Crippen LogP contribution in [0.2, 0.25) is 0 Å². The Hall–Kier alpha value is -2.98. The highest BCUT2D eigenvalue weighted by Crippen LogP contribution is 2.37. The molecule has 0 radical (unpaired) electrons. The van der Waals surface area contributed by atoms with Crippen LogP contribution in [-0.2, 0) is 0 Å². The van der Waals surface area contributed by atoms with Crippen LogP contribution in [0.15, 0.2) is 36.7 Å². The number of aromatic nitrogens is 3. The average Bonchev–Trinajstić information content (AvgIpc) is 3.49. The molecule has 0 spiro atoms. The van der Waals surface area contributed by atoms with Gasteiger partial charge in [0.05, 0.1) is 18.3 Å². The number of β-amino-alcohol motifs (C(OH)–C–C–N with tert-alkyl or cyclic N) is 1. The summed E-state index contributed by atoms with van der Waals surface area (Å²) in [7, 11) is 0. The Morgan fingerprint density at radius 1 is 1.19 bits per heavy atom. The highest BCUT2D eigenvalue weighted by atomic mass is 35.5. The molecule has 8 nitrogen and oxygen atoms in total. The van der Waals surface area contributed by atoms with E-state index in [-0.39, 0.29) is 24.5 Å². The lowest BCUT2D eigenvalue weighted by Gasteiger charge is -2.26. The van der Waals surface area contributed by atoms with Crippen LogP contribution in [0.25, 0.3) is 5.65 Å². The van der Waals surface area contributed by atoms with Crippen molar-refractivity contribution < 1.29 is 18.7 Å². The first-order chi connectivity index (χ1) is 15.0. The minimum Gasteiger partial charge on any atom is -0.391 e. The predicted molar refractivity (Wildman–Crippen MR) is 117 cm³/mol. The third-order valence-corrected chi connectivity index (χ3v) is 5.91. The van der Waals surface area contributed by atoms with Gasteiger partial charge < -0.3 is 20.2 Å². The molecule has 2 aromatic heterocycles. The number of hydrogen-bond donors (Lipinski definition) is 2. The Kier molecular flexibility index (Phi) is 6.16. The maximum atomic E-state index is 14.4. The minimum absolute atomic E-state index is 0. The Labute approximate surface area is 189 Å². The number of hydrogen-bond acceptors (Lipinski definition) is 5. The van der Waals surface area contributed by atoms with Gasteiger partial charge in [-0.2, -0.15) is 5.10 Å². The molecule has 170 valence electrons. The average molecular weight is 465 g/mol.